The number of methoxy groups -OCH3 is 1. The highest BCUT2D eigenvalue weighted by atomic mass is 127. The van der Waals surface area contributed by atoms with Crippen molar-refractivity contribution in [2.45, 2.75) is 26.4 Å². The van der Waals surface area contributed by atoms with Crippen molar-refractivity contribution < 1.29 is 24.2 Å². The Kier molecular flexibility index (Phi) is 9.21. The standard InChI is InChI=1S/C16H22IN3O5/c1-10(2)25-6-4-5-18-15(22)16(23)20-19-9-11-7-12(17)14(21)13(8-11)24-3/h7-10,21H,4-6H2,1-3H3,(H,18,22)(H,20,23)/b19-9-. The number of hydrogen-bond donors (Lipinski definition) is 3. The fourth-order valence-electron chi connectivity index (χ4n) is 1.71. The summed E-state index contributed by atoms with van der Waals surface area (Å²) in [7, 11) is 1.43. The van der Waals surface area contributed by atoms with Crippen molar-refractivity contribution in [3.63, 3.8) is 0 Å². The molecular formula is C16H22IN3O5. The minimum absolute atomic E-state index is 0.0325. The summed E-state index contributed by atoms with van der Waals surface area (Å²) >= 11 is 1.95. The molecule has 0 aliphatic heterocycles. The Morgan fingerprint density at radius 1 is 1.36 bits per heavy atom. The molecule has 9 heteroatoms. The molecular weight excluding hydrogens is 441 g/mol. The first kappa shape index (κ1) is 21.2. The van der Waals surface area contributed by atoms with Crippen molar-refractivity contribution in [2.75, 3.05) is 20.3 Å². The molecule has 2 amide bonds. The van der Waals surface area contributed by atoms with E-state index in [0.717, 1.165) is 0 Å². The van der Waals surface area contributed by atoms with E-state index in [1.165, 1.54) is 13.3 Å². The van der Waals surface area contributed by atoms with Crippen LogP contribution in [0, 0.1) is 3.57 Å². The predicted molar refractivity (Wildman–Crippen MR) is 102 cm³/mol. The lowest BCUT2D eigenvalue weighted by molar-refractivity contribution is -0.139. The van der Waals surface area contributed by atoms with E-state index < -0.39 is 11.8 Å². The minimum Gasteiger partial charge on any atom is -0.504 e. The maximum absolute atomic E-state index is 11.6. The number of ether oxygens (including phenoxy) is 2. The number of phenolic OH excluding ortho intramolecular Hbond substituents is 1. The van der Waals surface area contributed by atoms with Gasteiger partial charge in [0.2, 0.25) is 0 Å². The molecule has 0 saturated carbocycles. The van der Waals surface area contributed by atoms with Gasteiger partial charge < -0.3 is 19.9 Å². The fourth-order valence-corrected chi connectivity index (χ4v) is 2.34. The molecule has 8 nitrogen and oxygen atoms in total. The highest BCUT2D eigenvalue weighted by molar-refractivity contribution is 14.1. The van der Waals surface area contributed by atoms with Gasteiger partial charge in [-0.1, -0.05) is 0 Å². The molecule has 0 spiro atoms. The van der Waals surface area contributed by atoms with Gasteiger partial charge in [0, 0.05) is 13.2 Å². The highest BCUT2D eigenvalue weighted by Crippen LogP contribution is 2.31. The van der Waals surface area contributed by atoms with Crippen LogP contribution in [0.2, 0.25) is 0 Å². The van der Waals surface area contributed by atoms with Gasteiger partial charge in [0.05, 0.1) is 23.0 Å². The summed E-state index contributed by atoms with van der Waals surface area (Å²) in [6.45, 7) is 4.71. The van der Waals surface area contributed by atoms with E-state index in [9.17, 15) is 14.7 Å². The number of hydrazone groups is 1. The number of carbonyl (C=O) groups excluding carboxylic acids is 2. The van der Waals surface area contributed by atoms with Crippen LogP contribution >= 0.6 is 22.6 Å². The van der Waals surface area contributed by atoms with Gasteiger partial charge in [0.25, 0.3) is 0 Å². The molecule has 0 heterocycles. The second-order valence-electron chi connectivity index (χ2n) is 5.28. The maximum Gasteiger partial charge on any atom is 0.329 e. The molecule has 0 bridgehead atoms. The predicted octanol–water partition coefficient (Wildman–Crippen LogP) is 1.39. The van der Waals surface area contributed by atoms with Crippen LogP contribution in [0.5, 0.6) is 11.5 Å². The van der Waals surface area contributed by atoms with E-state index in [-0.39, 0.29) is 11.9 Å². The number of phenols is 1. The van der Waals surface area contributed by atoms with E-state index in [1.54, 1.807) is 12.1 Å². The topological polar surface area (TPSA) is 109 Å². The third-order valence-electron chi connectivity index (χ3n) is 2.91. The largest absolute Gasteiger partial charge is 0.504 e. The van der Waals surface area contributed by atoms with Gasteiger partial charge in [-0.15, -0.1) is 0 Å². The van der Waals surface area contributed by atoms with Crippen LogP contribution in [-0.4, -0.2) is 49.5 Å². The van der Waals surface area contributed by atoms with Gasteiger partial charge in [0.15, 0.2) is 11.5 Å². The van der Waals surface area contributed by atoms with E-state index in [1.807, 2.05) is 36.4 Å². The van der Waals surface area contributed by atoms with Crippen LogP contribution in [0.4, 0.5) is 0 Å². The summed E-state index contributed by atoms with van der Waals surface area (Å²) in [5.41, 5.74) is 2.75. The molecule has 1 aromatic rings. The van der Waals surface area contributed by atoms with Gasteiger partial charge in [-0.05, 0) is 60.6 Å². The number of carbonyl (C=O) groups is 2. The molecule has 0 saturated heterocycles. The molecule has 138 valence electrons. The third kappa shape index (κ3) is 7.69. The molecule has 25 heavy (non-hydrogen) atoms. The Labute approximate surface area is 160 Å². The number of hydrogen-bond acceptors (Lipinski definition) is 6. The Hall–Kier alpha value is -1.88. The van der Waals surface area contributed by atoms with E-state index in [4.69, 9.17) is 9.47 Å². The molecule has 0 fully saturated rings. The number of nitrogens with zero attached hydrogens (tertiary/aromatic N) is 1. The molecule has 0 unspecified atom stereocenters. The van der Waals surface area contributed by atoms with E-state index in [2.05, 4.69) is 15.8 Å². The minimum atomic E-state index is -0.860. The van der Waals surface area contributed by atoms with Crippen molar-refractivity contribution in [2.24, 2.45) is 5.10 Å². The maximum atomic E-state index is 11.6. The van der Waals surface area contributed by atoms with Gasteiger partial charge in [-0.25, -0.2) is 5.43 Å². The number of amides is 2. The monoisotopic (exact) mass is 463 g/mol. The molecule has 1 aromatic carbocycles. The molecule has 1 rings (SSSR count). The van der Waals surface area contributed by atoms with Crippen LogP contribution in [0.25, 0.3) is 0 Å². The van der Waals surface area contributed by atoms with Crippen molar-refractivity contribution in [1.29, 1.82) is 0 Å². The molecule has 0 aliphatic carbocycles. The summed E-state index contributed by atoms with van der Waals surface area (Å²) in [5, 5.41) is 16.0. The van der Waals surface area contributed by atoms with Crippen molar-refractivity contribution in [3.05, 3.63) is 21.3 Å². The normalized spacial score (nSPS) is 10.9. The van der Waals surface area contributed by atoms with Gasteiger partial charge in [0.1, 0.15) is 0 Å². The van der Waals surface area contributed by atoms with E-state index >= 15 is 0 Å². The SMILES string of the molecule is COc1cc(/C=N\NC(=O)C(=O)NCCCOC(C)C)cc(I)c1O. The Morgan fingerprint density at radius 3 is 2.72 bits per heavy atom. The fraction of sp³-hybridized carbons (Fsp3) is 0.438. The zero-order chi connectivity index (χ0) is 18.8. The summed E-state index contributed by atoms with van der Waals surface area (Å²) < 4.78 is 10.9. The number of nitrogens with one attached hydrogen (secondary N) is 2. The van der Waals surface area contributed by atoms with Crippen LogP contribution in [0.3, 0.4) is 0 Å². The lowest BCUT2D eigenvalue weighted by Crippen LogP contribution is -2.38. The van der Waals surface area contributed by atoms with Crippen molar-refractivity contribution >= 4 is 40.6 Å². The zero-order valence-corrected chi connectivity index (χ0v) is 16.5. The second-order valence-corrected chi connectivity index (χ2v) is 6.44. The first-order valence-corrected chi connectivity index (χ1v) is 8.72. The lowest BCUT2D eigenvalue weighted by atomic mass is 10.2. The quantitative estimate of drug-likeness (QED) is 0.178. The number of rotatable bonds is 8. The van der Waals surface area contributed by atoms with Crippen LogP contribution in [0.1, 0.15) is 25.8 Å². The first-order valence-electron chi connectivity index (χ1n) is 7.64. The van der Waals surface area contributed by atoms with Gasteiger partial charge in [-0.2, -0.15) is 5.10 Å². The average molecular weight is 463 g/mol. The highest BCUT2D eigenvalue weighted by Gasteiger charge is 2.12. The van der Waals surface area contributed by atoms with E-state index in [0.29, 0.717) is 34.5 Å². The summed E-state index contributed by atoms with van der Waals surface area (Å²) in [4.78, 5) is 23.2. The van der Waals surface area contributed by atoms with Gasteiger partial charge >= 0.3 is 11.8 Å². The molecule has 0 radical (unpaired) electrons. The summed E-state index contributed by atoms with van der Waals surface area (Å²) in [6.07, 6.45) is 2.10. The number of halogens is 1. The average Bonchev–Trinajstić information content (AvgIpc) is 2.56. The smallest absolute Gasteiger partial charge is 0.329 e. The lowest BCUT2D eigenvalue weighted by Gasteiger charge is -2.07. The van der Waals surface area contributed by atoms with Crippen LogP contribution in [0.15, 0.2) is 17.2 Å². The summed E-state index contributed by atoms with van der Waals surface area (Å²) in [5.74, 6) is -1.30. The number of benzene rings is 1. The second kappa shape index (κ2) is 10.9. The Bertz CT molecular complexity index is 634. The van der Waals surface area contributed by atoms with Crippen molar-refractivity contribution in [3.8, 4) is 11.5 Å². The Morgan fingerprint density at radius 2 is 2.08 bits per heavy atom. The van der Waals surface area contributed by atoms with Crippen molar-refractivity contribution in [1.82, 2.24) is 10.7 Å². The Balaban J connectivity index is 2.44. The third-order valence-corrected chi connectivity index (χ3v) is 3.74. The van der Waals surface area contributed by atoms with Crippen LogP contribution < -0.4 is 15.5 Å². The van der Waals surface area contributed by atoms with Gasteiger partial charge in [-0.3, -0.25) is 9.59 Å². The molecule has 0 atom stereocenters. The molecule has 0 aromatic heterocycles. The molecule has 3 N–H and O–H groups in total. The zero-order valence-electron chi connectivity index (χ0n) is 14.3. The van der Waals surface area contributed by atoms with Crippen LogP contribution in [-0.2, 0) is 14.3 Å². The molecule has 0 aliphatic rings. The first-order chi connectivity index (χ1) is 11.8. The summed E-state index contributed by atoms with van der Waals surface area (Å²) in [6, 6.07) is 3.21. The number of aromatic hydroxyl groups is 1.